The van der Waals surface area contributed by atoms with Crippen LogP contribution in [0, 0.1) is 5.92 Å². The third-order valence-electron chi connectivity index (χ3n) is 4.87. The number of hydrogen-bond donors (Lipinski definition) is 2. The average Bonchev–Trinajstić information content (AvgIpc) is 3.11. The predicted octanol–water partition coefficient (Wildman–Crippen LogP) is 4.28. The predicted molar refractivity (Wildman–Crippen MR) is 113 cm³/mol. The Labute approximate surface area is 181 Å². The Hall–Kier alpha value is -1.60. The van der Waals surface area contributed by atoms with Crippen molar-refractivity contribution in [3.8, 4) is 0 Å². The first-order chi connectivity index (χ1) is 13.4. The molecule has 0 aliphatic carbocycles. The van der Waals surface area contributed by atoms with Crippen LogP contribution in [0.2, 0.25) is 10.0 Å². The fraction of sp³-hybridized carbons (Fsp3) is 0.300. The number of ether oxygens (including phenoxy) is 1. The SMILES string of the molecule is COC(=O)c1cc(Cl)ccc1Br.O=C1NC[C@@H]2CNC[C@H]2c2cccc(Cl)c21. The zero-order valence-corrected chi connectivity index (χ0v) is 18.2. The van der Waals surface area contributed by atoms with E-state index in [1.165, 1.54) is 7.11 Å². The topological polar surface area (TPSA) is 67.4 Å². The number of benzene rings is 2. The highest BCUT2D eigenvalue weighted by Crippen LogP contribution is 2.35. The summed E-state index contributed by atoms with van der Waals surface area (Å²) >= 11 is 15.0. The average molecular weight is 486 g/mol. The Balaban J connectivity index is 0.000000169. The lowest BCUT2D eigenvalue weighted by Crippen LogP contribution is -2.28. The van der Waals surface area contributed by atoms with Gasteiger partial charge in [-0.25, -0.2) is 4.79 Å². The van der Waals surface area contributed by atoms with Gasteiger partial charge < -0.3 is 15.4 Å². The summed E-state index contributed by atoms with van der Waals surface area (Å²) in [6.45, 7) is 2.64. The van der Waals surface area contributed by atoms with Crippen molar-refractivity contribution >= 4 is 51.0 Å². The van der Waals surface area contributed by atoms with E-state index in [-0.39, 0.29) is 5.91 Å². The number of hydrogen-bond acceptors (Lipinski definition) is 4. The molecule has 2 heterocycles. The monoisotopic (exact) mass is 484 g/mol. The standard InChI is InChI=1S/C12H13ClN2O.C8H6BrClO2/c13-10-3-1-2-8-9-6-14-4-7(9)5-15-12(16)11(8)10;1-12-8(11)6-4-5(10)2-3-7(6)9/h1-3,7,9,14H,4-6H2,(H,15,16);2-4H,1H3/t7-,9+;/m0./s1. The second-order valence-electron chi connectivity index (χ2n) is 6.55. The van der Waals surface area contributed by atoms with E-state index in [1.807, 2.05) is 12.1 Å². The van der Waals surface area contributed by atoms with Gasteiger partial charge in [-0.3, -0.25) is 4.79 Å². The molecular formula is C20H19BrCl2N2O3. The van der Waals surface area contributed by atoms with Crippen LogP contribution in [0.15, 0.2) is 40.9 Å². The largest absolute Gasteiger partial charge is 0.465 e. The Morgan fingerprint density at radius 1 is 1.18 bits per heavy atom. The highest BCUT2D eigenvalue weighted by atomic mass is 79.9. The molecule has 0 bridgehead atoms. The number of esters is 1. The number of nitrogens with one attached hydrogen (secondary N) is 2. The van der Waals surface area contributed by atoms with Crippen LogP contribution in [0.4, 0.5) is 0 Å². The third-order valence-corrected chi connectivity index (χ3v) is 6.11. The number of fused-ring (bicyclic) bond motifs is 3. The molecule has 8 heteroatoms. The molecule has 1 fully saturated rings. The number of methoxy groups -OCH3 is 1. The maximum Gasteiger partial charge on any atom is 0.339 e. The molecular weight excluding hydrogens is 467 g/mol. The van der Waals surface area contributed by atoms with Gasteiger partial charge in [0.25, 0.3) is 5.91 Å². The van der Waals surface area contributed by atoms with Crippen LogP contribution in [0.5, 0.6) is 0 Å². The van der Waals surface area contributed by atoms with E-state index >= 15 is 0 Å². The van der Waals surface area contributed by atoms with Crippen molar-refractivity contribution in [1.29, 1.82) is 0 Å². The lowest BCUT2D eigenvalue weighted by molar-refractivity contribution is 0.0599. The number of halogens is 3. The van der Waals surface area contributed by atoms with Crippen LogP contribution in [-0.2, 0) is 4.74 Å². The molecule has 2 aromatic rings. The fourth-order valence-electron chi connectivity index (χ4n) is 3.48. The first-order valence-corrected chi connectivity index (χ1v) is 10.3. The second-order valence-corrected chi connectivity index (χ2v) is 8.25. The Bertz CT molecular complexity index is 907. The second kappa shape index (κ2) is 9.27. The van der Waals surface area contributed by atoms with Gasteiger partial charge in [-0.15, -0.1) is 0 Å². The van der Waals surface area contributed by atoms with E-state index in [2.05, 4.69) is 31.3 Å². The zero-order valence-electron chi connectivity index (χ0n) is 15.1. The highest BCUT2D eigenvalue weighted by molar-refractivity contribution is 9.10. The molecule has 148 valence electrons. The van der Waals surface area contributed by atoms with E-state index < -0.39 is 5.97 Å². The molecule has 2 aliphatic heterocycles. The van der Waals surface area contributed by atoms with E-state index in [0.717, 1.165) is 25.2 Å². The van der Waals surface area contributed by atoms with Gasteiger partial charge >= 0.3 is 5.97 Å². The Morgan fingerprint density at radius 2 is 1.96 bits per heavy atom. The number of rotatable bonds is 1. The van der Waals surface area contributed by atoms with Crippen LogP contribution < -0.4 is 10.6 Å². The van der Waals surface area contributed by atoms with Gasteiger partial charge in [-0.1, -0.05) is 35.3 Å². The number of carbonyl (C=O) groups excluding carboxylic acids is 2. The van der Waals surface area contributed by atoms with Crippen LogP contribution in [0.3, 0.4) is 0 Å². The van der Waals surface area contributed by atoms with Gasteiger partial charge in [0.1, 0.15) is 0 Å². The maximum absolute atomic E-state index is 11.9. The van der Waals surface area contributed by atoms with Crippen LogP contribution >= 0.6 is 39.1 Å². The molecule has 0 saturated carbocycles. The van der Waals surface area contributed by atoms with Gasteiger partial charge in [0.05, 0.1) is 23.3 Å². The fourth-order valence-corrected chi connectivity index (χ4v) is 4.33. The van der Waals surface area contributed by atoms with E-state index in [4.69, 9.17) is 23.2 Å². The van der Waals surface area contributed by atoms with Gasteiger partial charge in [-0.2, -0.15) is 0 Å². The van der Waals surface area contributed by atoms with E-state index in [0.29, 0.717) is 37.5 Å². The molecule has 0 radical (unpaired) electrons. The van der Waals surface area contributed by atoms with Crippen molar-refractivity contribution in [2.24, 2.45) is 5.92 Å². The molecule has 0 unspecified atom stereocenters. The molecule has 1 saturated heterocycles. The van der Waals surface area contributed by atoms with Crippen molar-refractivity contribution < 1.29 is 14.3 Å². The van der Waals surface area contributed by atoms with Gasteiger partial charge in [-0.05, 0) is 51.7 Å². The van der Waals surface area contributed by atoms with Gasteiger partial charge in [0, 0.05) is 35.0 Å². The molecule has 2 aliphatic rings. The minimum Gasteiger partial charge on any atom is -0.465 e. The molecule has 2 atom stereocenters. The summed E-state index contributed by atoms with van der Waals surface area (Å²) < 4.78 is 5.22. The highest BCUT2D eigenvalue weighted by Gasteiger charge is 2.34. The molecule has 4 rings (SSSR count). The van der Waals surface area contributed by atoms with E-state index in [9.17, 15) is 9.59 Å². The Morgan fingerprint density at radius 3 is 2.71 bits per heavy atom. The number of carbonyl (C=O) groups is 2. The smallest absolute Gasteiger partial charge is 0.339 e. The summed E-state index contributed by atoms with van der Waals surface area (Å²) in [5.74, 6) is 0.468. The van der Waals surface area contributed by atoms with Crippen molar-refractivity contribution in [1.82, 2.24) is 10.6 Å². The van der Waals surface area contributed by atoms with Gasteiger partial charge in [0.15, 0.2) is 0 Å². The maximum atomic E-state index is 11.9. The minimum absolute atomic E-state index is 0.0324. The summed E-state index contributed by atoms with van der Waals surface area (Å²) in [6, 6.07) is 10.7. The summed E-state index contributed by atoms with van der Waals surface area (Å²) in [4.78, 5) is 23.0. The molecule has 2 N–H and O–H groups in total. The third kappa shape index (κ3) is 4.51. The summed E-state index contributed by atoms with van der Waals surface area (Å²) in [7, 11) is 1.33. The quantitative estimate of drug-likeness (QED) is 0.591. The van der Waals surface area contributed by atoms with Crippen molar-refractivity contribution in [3.05, 3.63) is 67.6 Å². The normalized spacial score (nSPS) is 20.1. The molecule has 2 aromatic carbocycles. The molecule has 5 nitrogen and oxygen atoms in total. The van der Waals surface area contributed by atoms with Crippen LogP contribution in [-0.4, -0.2) is 38.6 Å². The Kier molecular flexibility index (Phi) is 6.99. The summed E-state index contributed by atoms with van der Waals surface area (Å²) in [5.41, 5.74) is 2.20. The van der Waals surface area contributed by atoms with Crippen molar-refractivity contribution in [3.63, 3.8) is 0 Å². The number of amides is 1. The first-order valence-electron chi connectivity index (χ1n) is 8.73. The molecule has 28 heavy (non-hydrogen) atoms. The lowest BCUT2D eigenvalue weighted by atomic mass is 9.87. The summed E-state index contributed by atoms with van der Waals surface area (Å²) in [5, 5.41) is 7.39. The first kappa shape index (κ1) is 21.1. The lowest BCUT2D eigenvalue weighted by Gasteiger charge is -2.16. The molecule has 1 amide bonds. The molecule has 0 aromatic heterocycles. The zero-order chi connectivity index (χ0) is 20.3. The van der Waals surface area contributed by atoms with E-state index in [1.54, 1.807) is 24.3 Å². The van der Waals surface area contributed by atoms with Crippen LogP contribution in [0.1, 0.15) is 32.2 Å². The molecule has 0 spiro atoms. The minimum atomic E-state index is -0.399. The van der Waals surface area contributed by atoms with Crippen molar-refractivity contribution in [2.75, 3.05) is 26.7 Å². The van der Waals surface area contributed by atoms with Crippen molar-refractivity contribution in [2.45, 2.75) is 5.92 Å². The van der Waals surface area contributed by atoms with Gasteiger partial charge in [0.2, 0.25) is 0 Å². The summed E-state index contributed by atoms with van der Waals surface area (Å²) in [6.07, 6.45) is 0. The van der Waals surface area contributed by atoms with Crippen LogP contribution in [0.25, 0.3) is 0 Å².